The normalized spacial score (nSPS) is 20.4. The van der Waals surface area contributed by atoms with Crippen LogP contribution in [-0.2, 0) is 18.0 Å². The Labute approximate surface area is 115 Å². The largest absolute Gasteiger partial charge is 0.347 e. The van der Waals surface area contributed by atoms with Crippen LogP contribution in [0.1, 0.15) is 23.0 Å². The lowest BCUT2D eigenvalue weighted by molar-refractivity contribution is -0.142. The van der Waals surface area contributed by atoms with Gasteiger partial charge in [0.25, 0.3) is 0 Å². The van der Waals surface area contributed by atoms with Gasteiger partial charge in [-0.25, -0.2) is 9.78 Å². The highest BCUT2D eigenvalue weighted by Gasteiger charge is 2.45. The van der Waals surface area contributed by atoms with Gasteiger partial charge in [-0.15, -0.1) is 0 Å². The van der Waals surface area contributed by atoms with Crippen LogP contribution in [0.3, 0.4) is 0 Å². The fraction of sp³-hybridized carbons (Fsp3) is 0.286. The van der Waals surface area contributed by atoms with E-state index in [9.17, 15) is 4.79 Å². The van der Waals surface area contributed by atoms with Crippen molar-refractivity contribution in [3.63, 3.8) is 0 Å². The Morgan fingerprint density at radius 1 is 1.35 bits per heavy atom. The Morgan fingerprint density at radius 2 is 2.20 bits per heavy atom. The second-order valence-corrected chi connectivity index (χ2v) is 5.03. The molecule has 6 nitrogen and oxygen atoms in total. The van der Waals surface area contributed by atoms with Crippen molar-refractivity contribution in [2.24, 2.45) is 0 Å². The lowest BCUT2D eigenvalue weighted by atomic mass is 10.1. The predicted octanol–water partition coefficient (Wildman–Crippen LogP) is 1.83. The molecule has 2 aliphatic heterocycles. The summed E-state index contributed by atoms with van der Waals surface area (Å²) in [5.74, 6) is 0. The van der Waals surface area contributed by atoms with Gasteiger partial charge in [-0.05, 0) is 5.56 Å². The zero-order valence-electron chi connectivity index (χ0n) is 10.8. The Morgan fingerprint density at radius 3 is 3.05 bits per heavy atom. The molecule has 2 aromatic rings. The first kappa shape index (κ1) is 11.5. The van der Waals surface area contributed by atoms with E-state index in [4.69, 9.17) is 4.84 Å². The number of urea groups is 1. The van der Waals surface area contributed by atoms with Crippen LogP contribution >= 0.6 is 0 Å². The number of nitrogens with one attached hydrogen (secondary N) is 1. The second kappa shape index (κ2) is 4.35. The number of hydroxylamine groups is 2. The van der Waals surface area contributed by atoms with Crippen LogP contribution in [0.15, 0.2) is 36.7 Å². The summed E-state index contributed by atoms with van der Waals surface area (Å²) in [5, 5.41) is 1.46. The number of aromatic amines is 1. The molecule has 1 saturated heterocycles. The Balaban J connectivity index is 1.55. The molecule has 6 heteroatoms. The second-order valence-electron chi connectivity index (χ2n) is 5.03. The third-order valence-corrected chi connectivity index (χ3v) is 3.76. The van der Waals surface area contributed by atoms with E-state index in [0.717, 1.165) is 17.0 Å². The van der Waals surface area contributed by atoms with E-state index in [1.54, 1.807) is 11.2 Å². The van der Waals surface area contributed by atoms with Crippen molar-refractivity contribution in [3.8, 4) is 0 Å². The van der Waals surface area contributed by atoms with E-state index in [-0.39, 0.29) is 12.1 Å². The number of carbonyl (C=O) groups excluding carboxylic acids is 1. The highest BCUT2D eigenvalue weighted by Crippen LogP contribution is 2.36. The summed E-state index contributed by atoms with van der Waals surface area (Å²) < 4.78 is 0. The molecule has 2 aliphatic rings. The van der Waals surface area contributed by atoms with Gasteiger partial charge in [0.15, 0.2) is 0 Å². The van der Waals surface area contributed by atoms with E-state index in [0.29, 0.717) is 19.7 Å². The molecule has 1 atom stereocenters. The quantitative estimate of drug-likeness (QED) is 0.925. The van der Waals surface area contributed by atoms with Crippen LogP contribution in [0, 0.1) is 0 Å². The highest BCUT2D eigenvalue weighted by atomic mass is 16.7. The molecule has 1 N–H and O–H groups in total. The summed E-state index contributed by atoms with van der Waals surface area (Å²) in [6.07, 6.45) is 1.67. The number of H-pyrrole nitrogens is 1. The molecule has 1 aromatic heterocycles. The monoisotopic (exact) mass is 270 g/mol. The Hall–Kier alpha value is -2.34. The van der Waals surface area contributed by atoms with Crippen molar-refractivity contribution in [2.45, 2.75) is 19.2 Å². The van der Waals surface area contributed by atoms with Gasteiger partial charge in [-0.1, -0.05) is 30.3 Å². The fourth-order valence-corrected chi connectivity index (χ4v) is 2.76. The number of carbonyl (C=O) groups is 1. The van der Waals surface area contributed by atoms with Crippen LogP contribution < -0.4 is 0 Å². The van der Waals surface area contributed by atoms with E-state index in [1.807, 2.05) is 30.3 Å². The van der Waals surface area contributed by atoms with Gasteiger partial charge in [0.05, 0.1) is 30.8 Å². The Bertz CT molecular complexity index is 640. The number of hydrogen-bond acceptors (Lipinski definition) is 3. The smallest absolute Gasteiger partial charge is 0.345 e. The first-order valence-corrected chi connectivity index (χ1v) is 6.60. The van der Waals surface area contributed by atoms with Crippen molar-refractivity contribution < 1.29 is 9.63 Å². The molecule has 0 aliphatic carbocycles. The zero-order valence-corrected chi connectivity index (χ0v) is 10.8. The molecule has 1 fully saturated rings. The standard InChI is InChI=1S/C14H14N4O2/c19-14-17-6-11-13(16-9-15-11)12(7-17)18(14)20-8-10-4-2-1-3-5-10/h1-5,9,12H,6-8H2,(H,15,16). The summed E-state index contributed by atoms with van der Waals surface area (Å²) in [4.78, 5) is 27.2. The minimum absolute atomic E-state index is 0.0858. The molecule has 1 aromatic carbocycles. The van der Waals surface area contributed by atoms with Gasteiger partial charge >= 0.3 is 6.03 Å². The maximum absolute atomic E-state index is 12.3. The summed E-state index contributed by atoms with van der Waals surface area (Å²) in [6.45, 7) is 1.61. The van der Waals surface area contributed by atoms with Crippen molar-refractivity contribution in [1.29, 1.82) is 0 Å². The van der Waals surface area contributed by atoms with E-state index >= 15 is 0 Å². The summed E-state index contributed by atoms with van der Waals surface area (Å²) >= 11 is 0. The Kier molecular flexibility index (Phi) is 2.50. The molecule has 20 heavy (non-hydrogen) atoms. The van der Waals surface area contributed by atoms with Gasteiger partial charge in [0.2, 0.25) is 0 Å². The van der Waals surface area contributed by atoms with Gasteiger partial charge in [0, 0.05) is 0 Å². The number of benzene rings is 1. The summed E-state index contributed by atoms with van der Waals surface area (Å²) in [7, 11) is 0. The number of aromatic nitrogens is 2. The molecule has 3 heterocycles. The SMILES string of the molecule is O=C1N2Cc3[nH]cnc3C(C2)N1OCc1ccccc1. The van der Waals surface area contributed by atoms with Crippen LogP contribution in [0.5, 0.6) is 0 Å². The first-order valence-electron chi connectivity index (χ1n) is 6.60. The number of hydrogen-bond donors (Lipinski definition) is 1. The van der Waals surface area contributed by atoms with Gasteiger partial charge in [0.1, 0.15) is 12.6 Å². The molecule has 0 radical (unpaired) electrons. The van der Waals surface area contributed by atoms with Gasteiger partial charge in [-0.2, -0.15) is 5.06 Å². The van der Waals surface area contributed by atoms with Gasteiger partial charge in [-0.3, -0.25) is 4.84 Å². The third kappa shape index (κ3) is 1.69. The maximum Gasteiger partial charge on any atom is 0.345 e. The van der Waals surface area contributed by atoms with Gasteiger partial charge < -0.3 is 9.88 Å². The molecule has 102 valence electrons. The lowest BCUT2D eigenvalue weighted by Crippen LogP contribution is -2.30. The molecule has 1 unspecified atom stereocenters. The number of nitrogens with zero attached hydrogens (tertiary/aromatic N) is 3. The number of fused-ring (bicyclic) bond motifs is 4. The average molecular weight is 270 g/mol. The van der Waals surface area contributed by atoms with Crippen LogP contribution in [-0.4, -0.2) is 32.5 Å². The van der Waals surface area contributed by atoms with Crippen LogP contribution in [0.2, 0.25) is 0 Å². The van der Waals surface area contributed by atoms with Crippen molar-refractivity contribution in [1.82, 2.24) is 19.9 Å². The topological polar surface area (TPSA) is 61.5 Å². The number of amides is 2. The summed E-state index contributed by atoms with van der Waals surface area (Å²) in [6, 6.07) is 9.63. The molecular weight excluding hydrogens is 256 g/mol. The molecule has 2 amide bonds. The molecule has 4 rings (SSSR count). The third-order valence-electron chi connectivity index (χ3n) is 3.76. The highest BCUT2D eigenvalue weighted by molar-refractivity contribution is 5.77. The molecule has 2 bridgehead atoms. The average Bonchev–Trinajstić information content (AvgIpc) is 3.05. The van der Waals surface area contributed by atoms with E-state index in [2.05, 4.69) is 9.97 Å². The minimum atomic E-state index is -0.110. The fourth-order valence-electron chi connectivity index (χ4n) is 2.76. The summed E-state index contributed by atoms with van der Waals surface area (Å²) in [5.41, 5.74) is 2.96. The van der Waals surface area contributed by atoms with Crippen LogP contribution in [0.4, 0.5) is 4.79 Å². The van der Waals surface area contributed by atoms with Crippen LogP contribution in [0.25, 0.3) is 0 Å². The molecule has 0 saturated carbocycles. The lowest BCUT2D eigenvalue weighted by Gasteiger charge is -2.21. The van der Waals surface area contributed by atoms with Crippen molar-refractivity contribution in [3.05, 3.63) is 53.6 Å². The van der Waals surface area contributed by atoms with E-state index in [1.165, 1.54) is 5.06 Å². The van der Waals surface area contributed by atoms with Crippen molar-refractivity contribution in [2.75, 3.05) is 6.54 Å². The first-order chi connectivity index (χ1) is 9.83. The van der Waals surface area contributed by atoms with E-state index < -0.39 is 0 Å². The maximum atomic E-state index is 12.3. The number of imidazole rings is 1. The minimum Gasteiger partial charge on any atom is -0.347 e. The molecule has 0 spiro atoms. The van der Waals surface area contributed by atoms with Crippen molar-refractivity contribution >= 4 is 6.03 Å². The number of rotatable bonds is 3. The zero-order chi connectivity index (χ0) is 13.5. The molecular formula is C14H14N4O2. The predicted molar refractivity (Wildman–Crippen MR) is 70.2 cm³/mol.